The summed E-state index contributed by atoms with van der Waals surface area (Å²) in [5.74, 6) is 0.794. The summed E-state index contributed by atoms with van der Waals surface area (Å²) >= 11 is 0. The maximum Gasteiger partial charge on any atom is 0.206 e. The van der Waals surface area contributed by atoms with Gasteiger partial charge in [-0.2, -0.15) is 0 Å². The zero-order valence-electron chi connectivity index (χ0n) is 12.6. The number of benzene rings is 1. The highest BCUT2D eigenvalue weighted by Crippen LogP contribution is 2.35. The molecule has 1 saturated heterocycles. The number of nitrogens with zero attached hydrogens (tertiary/aromatic N) is 3. The molecule has 0 bridgehead atoms. The monoisotopic (exact) mass is 297 g/mol. The first-order valence-corrected chi connectivity index (χ1v) is 7.63. The van der Waals surface area contributed by atoms with Gasteiger partial charge in [-0.25, -0.2) is 4.98 Å². The Morgan fingerprint density at radius 1 is 1.41 bits per heavy atom. The summed E-state index contributed by atoms with van der Waals surface area (Å²) in [6.07, 6.45) is 7.78. The zero-order valence-corrected chi connectivity index (χ0v) is 12.6. The molecule has 0 aliphatic carbocycles. The highest BCUT2D eigenvalue weighted by molar-refractivity contribution is 5.92. The Bertz CT molecular complexity index is 763. The minimum atomic E-state index is 0.446. The molecule has 0 radical (unpaired) electrons. The Balaban J connectivity index is 1.78. The molecule has 3 heterocycles. The third-order valence-electron chi connectivity index (χ3n) is 4.33. The van der Waals surface area contributed by atoms with Crippen LogP contribution < -0.4 is 4.90 Å². The van der Waals surface area contributed by atoms with Gasteiger partial charge >= 0.3 is 0 Å². The number of aromatic nitrogens is 2. The lowest BCUT2D eigenvalue weighted by molar-refractivity contribution is 0.181. The van der Waals surface area contributed by atoms with E-state index in [0.717, 1.165) is 30.0 Å². The summed E-state index contributed by atoms with van der Waals surface area (Å²) in [7, 11) is 1.77. The number of ether oxygens (including phenoxy) is 1. The summed E-state index contributed by atoms with van der Waals surface area (Å²) in [4.78, 5) is 6.52. The number of hydrogen-bond donors (Lipinski definition) is 0. The van der Waals surface area contributed by atoms with Gasteiger partial charge in [0.15, 0.2) is 0 Å². The van der Waals surface area contributed by atoms with E-state index in [0.29, 0.717) is 6.04 Å². The molecule has 1 fully saturated rings. The van der Waals surface area contributed by atoms with Crippen molar-refractivity contribution >= 4 is 16.7 Å². The van der Waals surface area contributed by atoms with Crippen molar-refractivity contribution in [3.8, 4) is 5.88 Å². The van der Waals surface area contributed by atoms with Gasteiger partial charge in [-0.05, 0) is 25.0 Å². The van der Waals surface area contributed by atoms with E-state index >= 15 is 0 Å². The molecule has 0 saturated carbocycles. The van der Waals surface area contributed by atoms with Gasteiger partial charge in [-0.15, -0.1) is 0 Å². The number of hydrogen-bond acceptors (Lipinski definition) is 4. The standard InChI is InChI=1S/C17H19N3O2/c1-21-11-13-4-3-8-20(13)15-5-2-6-16-14(15)10-17(22-16)19-9-7-18-12-19/h2,5-7,9-10,12-13H,3-4,8,11H2,1H3/t13-/m1/s1. The molecule has 0 amide bonds. The fraction of sp³-hybridized carbons (Fsp3) is 0.353. The molecule has 1 atom stereocenters. The fourth-order valence-corrected chi connectivity index (χ4v) is 3.32. The first-order valence-electron chi connectivity index (χ1n) is 7.63. The fourth-order valence-electron chi connectivity index (χ4n) is 3.32. The molecule has 114 valence electrons. The Hall–Kier alpha value is -2.27. The van der Waals surface area contributed by atoms with Gasteiger partial charge in [0.2, 0.25) is 5.88 Å². The molecule has 3 aromatic rings. The molecule has 1 aliphatic heterocycles. The molecule has 5 heteroatoms. The SMILES string of the molecule is COC[C@H]1CCCN1c1cccc2oc(-n3ccnc3)cc12. The minimum Gasteiger partial charge on any atom is -0.440 e. The van der Waals surface area contributed by atoms with Crippen LogP contribution in [0.15, 0.2) is 47.4 Å². The summed E-state index contributed by atoms with van der Waals surface area (Å²) in [6, 6.07) is 8.78. The van der Waals surface area contributed by atoms with Crippen LogP contribution in [0.4, 0.5) is 5.69 Å². The number of methoxy groups -OCH3 is 1. The van der Waals surface area contributed by atoms with Crippen LogP contribution in [0, 0.1) is 0 Å². The first-order chi connectivity index (χ1) is 10.9. The predicted molar refractivity (Wildman–Crippen MR) is 85.6 cm³/mol. The quantitative estimate of drug-likeness (QED) is 0.741. The predicted octanol–water partition coefficient (Wildman–Crippen LogP) is 3.23. The molecule has 2 aromatic heterocycles. The normalized spacial score (nSPS) is 18.4. The highest BCUT2D eigenvalue weighted by atomic mass is 16.5. The van der Waals surface area contributed by atoms with Crippen molar-refractivity contribution in [2.45, 2.75) is 18.9 Å². The molecule has 1 aliphatic rings. The molecule has 0 N–H and O–H groups in total. The topological polar surface area (TPSA) is 43.4 Å². The van der Waals surface area contributed by atoms with E-state index in [4.69, 9.17) is 9.15 Å². The molecule has 22 heavy (non-hydrogen) atoms. The number of anilines is 1. The Kier molecular flexibility index (Phi) is 3.35. The minimum absolute atomic E-state index is 0.446. The maximum absolute atomic E-state index is 5.97. The molecule has 0 spiro atoms. The molecular weight excluding hydrogens is 278 g/mol. The maximum atomic E-state index is 5.97. The van der Waals surface area contributed by atoms with Gasteiger partial charge in [0.25, 0.3) is 0 Å². The second-order valence-corrected chi connectivity index (χ2v) is 5.69. The Morgan fingerprint density at radius 2 is 2.36 bits per heavy atom. The van der Waals surface area contributed by atoms with Crippen molar-refractivity contribution in [1.29, 1.82) is 0 Å². The summed E-state index contributed by atoms with van der Waals surface area (Å²) in [5, 5.41) is 1.15. The van der Waals surface area contributed by atoms with Gasteiger partial charge in [0.05, 0.1) is 12.6 Å². The average Bonchev–Trinajstić information content (AvgIpc) is 3.26. The molecule has 0 unspecified atom stereocenters. The number of furan rings is 1. The summed E-state index contributed by atoms with van der Waals surface area (Å²) in [5.41, 5.74) is 2.14. The third kappa shape index (κ3) is 2.18. The number of fused-ring (bicyclic) bond motifs is 1. The van der Waals surface area contributed by atoms with Crippen LogP contribution in [0.3, 0.4) is 0 Å². The Labute approximate surface area is 129 Å². The lowest BCUT2D eigenvalue weighted by Gasteiger charge is -2.26. The van der Waals surface area contributed by atoms with Crippen LogP contribution in [-0.4, -0.2) is 35.9 Å². The lowest BCUT2D eigenvalue weighted by Crippen LogP contribution is -2.32. The van der Waals surface area contributed by atoms with Gasteiger partial charge in [-0.3, -0.25) is 4.57 Å². The second-order valence-electron chi connectivity index (χ2n) is 5.69. The van der Waals surface area contributed by atoms with Gasteiger partial charge < -0.3 is 14.1 Å². The summed E-state index contributed by atoms with van der Waals surface area (Å²) in [6.45, 7) is 1.83. The van der Waals surface area contributed by atoms with E-state index in [-0.39, 0.29) is 0 Å². The van der Waals surface area contributed by atoms with Crippen LogP contribution in [-0.2, 0) is 4.74 Å². The Morgan fingerprint density at radius 3 is 3.18 bits per heavy atom. The third-order valence-corrected chi connectivity index (χ3v) is 4.33. The zero-order chi connectivity index (χ0) is 14.9. The van der Waals surface area contributed by atoms with Crippen LogP contribution in [0.5, 0.6) is 0 Å². The highest BCUT2D eigenvalue weighted by Gasteiger charge is 2.26. The van der Waals surface area contributed by atoms with Crippen molar-refractivity contribution in [1.82, 2.24) is 9.55 Å². The van der Waals surface area contributed by atoms with E-state index in [1.165, 1.54) is 18.5 Å². The van der Waals surface area contributed by atoms with Crippen molar-refractivity contribution < 1.29 is 9.15 Å². The first kappa shape index (κ1) is 13.4. The van der Waals surface area contributed by atoms with Gasteiger partial charge in [0.1, 0.15) is 11.9 Å². The van der Waals surface area contributed by atoms with Crippen LogP contribution in [0.1, 0.15) is 12.8 Å². The smallest absolute Gasteiger partial charge is 0.206 e. The van der Waals surface area contributed by atoms with Crippen LogP contribution in [0.2, 0.25) is 0 Å². The second kappa shape index (κ2) is 5.50. The van der Waals surface area contributed by atoms with Crippen molar-refractivity contribution in [3.63, 3.8) is 0 Å². The summed E-state index contributed by atoms with van der Waals surface area (Å²) < 4.78 is 13.2. The average molecular weight is 297 g/mol. The van der Waals surface area contributed by atoms with Gasteiger partial charge in [0, 0.05) is 43.2 Å². The van der Waals surface area contributed by atoms with Crippen molar-refractivity contribution in [2.75, 3.05) is 25.2 Å². The molecule has 4 rings (SSSR count). The molecule has 5 nitrogen and oxygen atoms in total. The number of imidazole rings is 1. The van der Waals surface area contributed by atoms with Crippen molar-refractivity contribution in [2.24, 2.45) is 0 Å². The number of rotatable bonds is 4. The van der Waals surface area contributed by atoms with E-state index in [1.54, 1.807) is 19.6 Å². The van der Waals surface area contributed by atoms with E-state index in [1.807, 2.05) is 16.8 Å². The van der Waals surface area contributed by atoms with Crippen LogP contribution >= 0.6 is 0 Å². The lowest BCUT2D eigenvalue weighted by atomic mass is 10.1. The van der Waals surface area contributed by atoms with Gasteiger partial charge in [-0.1, -0.05) is 6.07 Å². The molecular formula is C17H19N3O2. The largest absolute Gasteiger partial charge is 0.440 e. The van der Waals surface area contributed by atoms with E-state index in [9.17, 15) is 0 Å². The molecule has 1 aromatic carbocycles. The van der Waals surface area contributed by atoms with E-state index < -0.39 is 0 Å². The van der Waals surface area contributed by atoms with Crippen molar-refractivity contribution in [3.05, 3.63) is 43.0 Å². The van der Waals surface area contributed by atoms with E-state index in [2.05, 4.69) is 28.1 Å². The van der Waals surface area contributed by atoms with Crippen LogP contribution in [0.25, 0.3) is 16.9 Å².